The molecule has 0 bridgehead atoms. The van der Waals surface area contributed by atoms with E-state index in [9.17, 15) is 18.0 Å². The second-order valence-electron chi connectivity index (χ2n) is 4.08. The van der Waals surface area contributed by atoms with Gasteiger partial charge in [0, 0.05) is 17.1 Å². The van der Waals surface area contributed by atoms with Gasteiger partial charge in [-0.1, -0.05) is 11.6 Å². The Balaban J connectivity index is 2.98. The number of nitrogens with zero attached hydrogens (tertiary/aromatic N) is 1. The molecule has 0 saturated heterocycles. The van der Waals surface area contributed by atoms with E-state index in [2.05, 4.69) is 0 Å². The third kappa shape index (κ3) is 5.08. The number of aryl methyl sites for hydroxylation is 1. The number of halogens is 4. The molecule has 0 heterocycles. The first-order valence-corrected chi connectivity index (χ1v) is 5.85. The average molecular weight is 296 g/mol. The van der Waals surface area contributed by atoms with E-state index in [1.807, 2.05) is 0 Å². The zero-order valence-electron chi connectivity index (χ0n) is 10.2. The minimum atomic E-state index is -4.52. The van der Waals surface area contributed by atoms with Crippen LogP contribution in [0.5, 0.6) is 0 Å². The summed E-state index contributed by atoms with van der Waals surface area (Å²) in [6.45, 7) is -0.647. The molecule has 1 N–H and O–H groups in total. The van der Waals surface area contributed by atoms with Crippen LogP contribution in [0.2, 0.25) is 5.02 Å². The Morgan fingerprint density at radius 3 is 2.47 bits per heavy atom. The summed E-state index contributed by atoms with van der Waals surface area (Å²) in [6, 6.07) is 4.35. The Morgan fingerprint density at radius 2 is 2.00 bits per heavy atom. The fourth-order valence-corrected chi connectivity index (χ4v) is 1.92. The minimum absolute atomic E-state index is 0.0719. The van der Waals surface area contributed by atoms with E-state index in [4.69, 9.17) is 16.7 Å². The van der Waals surface area contributed by atoms with Crippen LogP contribution in [-0.4, -0.2) is 41.8 Å². The smallest absolute Gasteiger partial charge is 0.395 e. The highest BCUT2D eigenvalue weighted by Crippen LogP contribution is 2.20. The number of benzene rings is 1. The first kappa shape index (κ1) is 15.8. The molecule has 0 fully saturated rings. The normalized spacial score (nSPS) is 11.5. The molecule has 0 spiro atoms. The van der Waals surface area contributed by atoms with Crippen molar-refractivity contribution < 1.29 is 23.1 Å². The van der Waals surface area contributed by atoms with Crippen LogP contribution >= 0.6 is 11.6 Å². The van der Waals surface area contributed by atoms with Crippen molar-refractivity contribution in [3.63, 3.8) is 0 Å². The second kappa shape index (κ2) is 6.25. The molecule has 0 saturated carbocycles. The molecule has 7 heteroatoms. The summed E-state index contributed by atoms with van der Waals surface area (Å²) in [5.74, 6) is -0.808. The highest BCUT2D eigenvalue weighted by Gasteiger charge is 2.33. The monoisotopic (exact) mass is 295 g/mol. The van der Waals surface area contributed by atoms with Gasteiger partial charge >= 0.3 is 6.18 Å². The van der Waals surface area contributed by atoms with Crippen LogP contribution in [-0.2, 0) is 0 Å². The van der Waals surface area contributed by atoms with E-state index in [0.717, 1.165) is 0 Å². The van der Waals surface area contributed by atoms with Crippen molar-refractivity contribution in [3.05, 3.63) is 34.3 Å². The van der Waals surface area contributed by atoms with Gasteiger partial charge in [0.05, 0.1) is 6.61 Å². The van der Waals surface area contributed by atoms with Gasteiger partial charge in [-0.25, -0.2) is 0 Å². The summed E-state index contributed by atoms with van der Waals surface area (Å²) in [7, 11) is 0. The van der Waals surface area contributed by atoms with E-state index >= 15 is 0 Å². The van der Waals surface area contributed by atoms with Gasteiger partial charge in [0.25, 0.3) is 5.91 Å². The number of hydrogen-bond donors (Lipinski definition) is 1. The lowest BCUT2D eigenvalue weighted by Crippen LogP contribution is -2.40. The number of aliphatic hydroxyl groups excluding tert-OH is 1. The topological polar surface area (TPSA) is 40.5 Å². The molecule has 0 aliphatic rings. The molecule has 1 amide bonds. The molecule has 0 radical (unpaired) electrons. The Hall–Kier alpha value is -1.27. The quantitative estimate of drug-likeness (QED) is 0.928. The summed E-state index contributed by atoms with van der Waals surface area (Å²) in [5.41, 5.74) is 0.745. The van der Waals surface area contributed by atoms with Gasteiger partial charge in [0.15, 0.2) is 0 Å². The van der Waals surface area contributed by atoms with Gasteiger partial charge in [-0.3, -0.25) is 4.79 Å². The van der Waals surface area contributed by atoms with Crippen LogP contribution in [0.15, 0.2) is 18.2 Å². The number of amides is 1. The number of aliphatic hydroxyl groups is 1. The van der Waals surface area contributed by atoms with Gasteiger partial charge in [-0.05, 0) is 30.7 Å². The predicted molar refractivity (Wildman–Crippen MR) is 65.2 cm³/mol. The van der Waals surface area contributed by atoms with Crippen molar-refractivity contribution in [1.82, 2.24) is 4.90 Å². The standard InChI is InChI=1S/C12H13ClF3NO2/c1-8-4-9(6-10(13)5-8)11(19)17(2-3-18)7-12(14,15)16/h4-6,18H,2-3,7H2,1H3. The van der Waals surface area contributed by atoms with E-state index in [0.29, 0.717) is 10.5 Å². The highest BCUT2D eigenvalue weighted by atomic mass is 35.5. The van der Waals surface area contributed by atoms with Crippen molar-refractivity contribution in [1.29, 1.82) is 0 Å². The van der Waals surface area contributed by atoms with E-state index in [1.165, 1.54) is 12.1 Å². The first-order valence-electron chi connectivity index (χ1n) is 5.47. The summed E-state index contributed by atoms with van der Waals surface area (Å²) >= 11 is 5.77. The molecule has 0 aliphatic heterocycles. The van der Waals surface area contributed by atoms with Crippen molar-refractivity contribution in [3.8, 4) is 0 Å². The van der Waals surface area contributed by atoms with Crippen LogP contribution < -0.4 is 0 Å². The summed E-state index contributed by atoms with van der Waals surface area (Å²) in [6.07, 6.45) is -4.52. The SMILES string of the molecule is Cc1cc(Cl)cc(C(=O)N(CCO)CC(F)(F)F)c1. The molecule has 0 atom stereocenters. The maximum Gasteiger partial charge on any atom is 0.406 e. The van der Waals surface area contributed by atoms with Crippen molar-refractivity contribution >= 4 is 17.5 Å². The van der Waals surface area contributed by atoms with Crippen LogP contribution in [0.4, 0.5) is 13.2 Å². The molecule has 0 unspecified atom stereocenters. The largest absolute Gasteiger partial charge is 0.406 e. The molecule has 19 heavy (non-hydrogen) atoms. The average Bonchev–Trinajstić information content (AvgIpc) is 2.24. The minimum Gasteiger partial charge on any atom is -0.395 e. The number of hydrogen-bond acceptors (Lipinski definition) is 2. The molecule has 1 aromatic carbocycles. The van der Waals surface area contributed by atoms with E-state index in [-0.39, 0.29) is 17.1 Å². The summed E-state index contributed by atoms with van der Waals surface area (Å²) in [5, 5.41) is 9.03. The lowest BCUT2D eigenvalue weighted by Gasteiger charge is -2.23. The number of carbonyl (C=O) groups excluding carboxylic acids is 1. The summed E-state index contributed by atoms with van der Waals surface area (Å²) in [4.78, 5) is 12.5. The predicted octanol–water partition coefficient (Wildman–Crippen LogP) is 2.65. The van der Waals surface area contributed by atoms with Crippen LogP contribution in [0.3, 0.4) is 0 Å². The Bertz CT molecular complexity index is 443. The van der Waals surface area contributed by atoms with Gasteiger partial charge in [-0.15, -0.1) is 0 Å². The van der Waals surface area contributed by atoms with Gasteiger partial charge in [0.1, 0.15) is 6.54 Å². The number of rotatable bonds is 4. The van der Waals surface area contributed by atoms with Crippen LogP contribution in [0.1, 0.15) is 15.9 Å². The zero-order valence-corrected chi connectivity index (χ0v) is 10.9. The van der Waals surface area contributed by atoms with Crippen molar-refractivity contribution in [2.45, 2.75) is 13.1 Å². The van der Waals surface area contributed by atoms with E-state index < -0.39 is 25.2 Å². The molecule has 1 rings (SSSR count). The zero-order chi connectivity index (χ0) is 14.6. The van der Waals surface area contributed by atoms with Gasteiger partial charge in [-0.2, -0.15) is 13.2 Å². The first-order chi connectivity index (χ1) is 8.73. The highest BCUT2D eigenvalue weighted by molar-refractivity contribution is 6.31. The molecule has 3 nitrogen and oxygen atoms in total. The molecular weight excluding hydrogens is 283 g/mol. The van der Waals surface area contributed by atoms with Crippen molar-refractivity contribution in [2.24, 2.45) is 0 Å². The molecule has 106 valence electrons. The Kier molecular flexibility index (Phi) is 5.20. The molecule has 1 aromatic rings. The lowest BCUT2D eigenvalue weighted by atomic mass is 10.1. The van der Waals surface area contributed by atoms with Gasteiger partial charge in [0.2, 0.25) is 0 Å². The van der Waals surface area contributed by atoms with Crippen LogP contribution in [0.25, 0.3) is 0 Å². The molecular formula is C12H13ClF3NO2. The fourth-order valence-electron chi connectivity index (χ4n) is 1.63. The second-order valence-corrected chi connectivity index (χ2v) is 4.52. The van der Waals surface area contributed by atoms with E-state index in [1.54, 1.807) is 13.0 Å². The molecule has 0 aliphatic carbocycles. The number of alkyl halides is 3. The summed E-state index contributed by atoms with van der Waals surface area (Å²) < 4.78 is 37.1. The third-order valence-electron chi connectivity index (χ3n) is 2.32. The lowest BCUT2D eigenvalue weighted by molar-refractivity contribution is -0.141. The maximum absolute atomic E-state index is 12.4. The Labute approximate surface area is 113 Å². The fraction of sp³-hybridized carbons (Fsp3) is 0.417. The number of carbonyl (C=O) groups is 1. The van der Waals surface area contributed by atoms with Crippen molar-refractivity contribution in [2.75, 3.05) is 19.7 Å². The molecule has 0 aromatic heterocycles. The van der Waals surface area contributed by atoms with Crippen LogP contribution in [0, 0.1) is 6.92 Å². The third-order valence-corrected chi connectivity index (χ3v) is 2.53. The Morgan fingerprint density at radius 1 is 1.37 bits per heavy atom. The van der Waals surface area contributed by atoms with Gasteiger partial charge < -0.3 is 10.0 Å². The maximum atomic E-state index is 12.4.